The zero-order valence-corrected chi connectivity index (χ0v) is 11.9. The van der Waals surface area contributed by atoms with Gasteiger partial charge in [-0.2, -0.15) is 5.26 Å². The van der Waals surface area contributed by atoms with Crippen molar-refractivity contribution in [2.75, 3.05) is 0 Å². The van der Waals surface area contributed by atoms with Crippen molar-refractivity contribution in [3.05, 3.63) is 80.1 Å². The molecule has 0 aliphatic heterocycles. The minimum atomic E-state index is -0.727. The van der Waals surface area contributed by atoms with Gasteiger partial charge in [0.05, 0.1) is 11.9 Å². The normalized spacial score (nSPS) is 10.5. The van der Waals surface area contributed by atoms with Gasteiger partial charge in [0.25, 0.3) is 5.56 Å². The van der Waals surface area contributed by atoms with Crippen molar-refractivity contribution < 1.29 is 4.42 Å². The van der Waals surface area contributed by atoms with E-state index in [2.05, 4.69) is 0 Å². The minimum absolute atomic E-state index is 0.167. The highest BCUT2D eigenvalue weighted by molar-refractivity contribution is 5.77. The maximum atomic E-state index is 12.6. The Kier molecular flexibility index (Phi) is 3.36. The maximum Gasteiger partial charge on any atom is 0.354 e. The molecular weight excluding hydrogens is 280 g/mol. The number of fused-ring (bicyclic) bond motifs is 1. The van der Waals surface area contributed by atoms with Gasteiger partial charge in [0.2, 0.25) is 0 Å². The van der Waals surface area contributed by atoms with Gasteiger partial charge in [-0.1, -0.05) is 30.3 Å². The molecule has 0 atom stereocenters. The van der Waals surface area contributed by atoms with E-state index in [0.29, 0.717) is 12.2 Å². The number of nitriles is 1. The fourth-order valence-corrected chi connectivity index (χ4v) is 2.37. The molecule has 2 heterocycles. The van der Waals surface area contributed by atoms with Crippen LogP contribution in [0.1, 0.15) is 16.8 Å². The van der Waals surface area contributed by atoms with Gasteiger partial charge in [0.15, 0.2) is 0 Å². The first-order valence-electron chi connectivity index (χ1n) is 6.72. The molecule has 0 bridgehead atoms. The molecule has 0 saturated carbocycles. The maximum absolute atomic E-state index is 12.6. The van der Waals surface area contributed by atoms with Gasteiger partial charge >= 0.3 is 5.63 Å². The van der Waals surface area contributed by atoms with Crippen LogP contribution in [0.25, 0.3) is 11.0 Å². The van der Waals surface area contributed by atoms with Crippen LogP contribution in [-0.4, -0.2) is 4.57 Å². The van der Waals surface area contributed by atoms with Crippen LogP contribution >= 0.6 is 0 Å². The lowest BCUT2D eigenvalue weighted by Crippen LogP contribution is -2.24. The molecule has 0 amide bonds. The van der Waals surface area contributed by atoms with E-state index in [1.54, 1.807) is 23.6 Å². The summed E-state index contributed by atoms with van der Waals surface area (Å²) in [6.45, 7) is 2.20. The lowest BCUT2D eigenvalue weighted by Gasteiger charge is -2.11. The van der Waals surface area contributed by atoms with Gasteiger partial charge < -0.3 is 8.98 Å². The molecule has 0 radical (unpaired) electrons. The summed E-state index contributed by atoms with van der Waals surface area (Å²) in [5, 5.41) is 9.14. The van der Waals surface area contributed by atoms with Crippen molar-refractivity contribution >= 4 is 11.0 Å². The van der Waals surface area contributed by atoms with E-state index in [-0.39, 0.29) is 22.1 Å². The number of nitrogens with zero attached hydrogens (tertiary/aromatic N) is 2. The zero-order chi connectivity index (χ0) is 15.7. The summed E-state index contributed by atoms with van der Waals surface area (Å²) >= 11 is 0. The van der Waals surface area contributed by atoms with Crippen LogP contribution in [0.2, 0.25) is 0 Å². The molecule has 1 aromatic carbocycles. The van der Waals surface area contributed by atoms with Gasteiger partial charge in [-0.3, -0.25) is 4.79 Å². The predicted molar refractivity (Wildman–Crippen MR) is 81.7 cm³/mol. The summed E-state index contributed by atoms with van der Waals surface area (Å²) in [4.78, 5) is 24.2. The Labute approximate surface area is 125 Å². The minimum Gasteiger partial charge on any atom is -0.421 e. The van der Waals surface area contributed by atoms with Crippen molar-refractivity contribution in [1.82, 2.24) is 4.57 Å². The largest absolute Gasteiger partial charge is 0.421 e. The number of benzene rings is 1. The van der Waals surface area contributed by atoms with Gasteiger partial charge in [0, 0.05) is 11.8 Å². The second kappa shape index (κ2) is 5.34. The van der Waals surface area contributed by atoms with E-state index in [0.717, 1.165) is 5.56 Å². The smallest absolute Gasteiger partial charge is 0.354 e. The Bertz CT molecular complexity index is 1010. The molecule has 0 unspecified atom stereocenters. The van der Waals surface area contributed by atoms with E-state index in [1.807, 2.05) is 30.3 Å². The van der Waals surface area contributed by atoms with Gasteiger partial charge in [-0.25, -0.2) is 4.79 Å². The van der Waals surface area contributed by atoms with Crippen molar-refractivity contribution in [1.29, 1.82) is 5.26 Å². The Morgan fingerprint density at radius 3 is 2.59 bits per heavy atom. The highest BCUT2D eigenvalue weighted by Crippen LogP contribution is 2.12. The molecule has 0 aliphatic carbocycles. The SMILES string of the molecule is Cc1cc2oc(=O)c(C#N)cc2c(=O)n1Cc1ccccc1. The molecule has 0 spiro atoms. The molecule has 3 aromatic rings. The number of rotatable bonds is 2. The molecule has 108 valence electrons. The van der Waals surface area contributed by atoms with E-state index in [9.17, 15) is 9.59 Å². The van der Waals surface area contributed by atoms with Crippen LogP contribution in [0.5, 0.6) is 0 Å². The second-order valence-electron chi connectivity index (χ2n) is 5.00. The number of hydrogen-bond donors (Lipinski definition) is 0. The monoisotopic (exact) mass is 292 g/mol. The van der Waals surface area contributed by atoms with Crippen molar-refractivity contribution in [3.63, 3.8) is 0 Å². The molecule has 0 aliphatic rings. The van der Waals surface area contributed by atoms with Gasteiger partial charge in [-0.05, 0) is 18.6 Å². The van der Waals surface area contributed by atoms with Crippen LogP contribution in [0.3, 0.4) is 0 Å². The molecule has 5 heteroatoms. The molecular formula is C17H12N2O3. The fourth-order valence-electron chi connectivity index (χ4n) is 2.37. The molecule has 3 rings (SSSR count). The third-order valence-corrected chi connectivity index (χ3v) is 3.52. The standard InChI is InChI=1S/C17H12N2O3/c1-11-7-15-14(8-13(9-18)17(21)22-15)16(20)19(11)10-12-5-3-2-4-6-12/h2-8H,10H2,1H3. The molecule has 0 fully saturated rings. The topological polar surface area (TPSA) is 76.0 Å². The Morgan fingerprint density at radius 1 is 1.18 bits per heavy atom. The average Bonchev–Trinajstić information content (AvgIpc) is 2.52. The first-order valence-corrected chi connectivity index (χ1v) is 6.72. The highest BCUT2D eigenvalue weighted by atomic mass is 16.4. The van der Waals surface area contributed by atoms with Gasteiger partial charge in [0.1, 0.15) is 17.2 Å². The number of aryl methyl sites for hydroxylation is 1. The van der Waals surface area contributed by atoms with Crippen LogP contribution < -0.4 is 11.2 Å². The fraction of sp³-hybridized carbons (Fsp3) is 0.118. The summed E-state index contributed by atoms with van der Waals surface area (Å²) in [6, 6.07) is 14.3. The second-order valence-corrected chi connectivity index (χ2v) is 5.00. The molecule has 0 N–H and O–H groups in total. The third-order valence-electron chi connectivity index (χ3n) is 3.52. The van der Waals surface area contributed by atoms with E-state index < -0.39 is 5.63 Å². The zero-order valence-electron chi connectivity index (χ0n) is 11.9. The van der Waals surface area contributed by atoms with Crippen molar-refractivity contribution in [3.8, 4) is 6.07 Å². The predicted octanol–water partition coefficient (Wildman–Crippen LogP) is 2.18. The summed E-state index contributed by atoms with van der Waals surface area (Å²) in [5.74, 6) is 0. The van der Waals surface area contributed by atoms with Gasteiger partial charge in [-0.15, -0.1) is 0 Å². The third kappa shape index (κ3) is 2.31. The first kappa shape index (κ1) is 13.8. The summed E-state index contributed by atoms with van der Waals surface area (Å²) in [5.41, 5.74) is 0.711. The summed E-state index contributed by atoms with van der Waals surface area (Å²) in [6.07, 6.45) is 0. The van der Waals surface area contributed by atoms with Crippen LogP contribution in [-0.2, 0) is 6.54 Å². The number of aromatic nitrogens is 1. The molecule has 2 aromatic heterocycles. The van der Waals surface area contributed by atoms with Crippen LogP contribution in [0.15, 0.2) is 56.5 Å². The van der Waals surface area contributed by atoms with Crippen LogP contribution in [0, 0.1) is 18.3 Å². The van der Waals surface area contributed by atoms with Crippen molar-refractivity contribution in [2.45, 2.75) is 13.5 Å². The van der Waals surface area contributed by atoms with E-state index in [4.69, 9.17) is 9.68 Å². The van der Waals surface area contributed by atoms with E-state index in [1.165, 1.54) is 6.07 Å². The Morgan fingerprint density at radius 2 is 1.91 bits per heavy atom. The average molecular weight is 292 g/mol. The Hall–Kier alpha value is -3.13. The summed E-state index contributed by atoms with van der Waals surface area (Å²) < 4.78 is 6.66. The summed E-state index contributed by atoms with van der Waals surface area (Å²) in [7, 11) is 0. The lowest BCUT2D eigenvalue weighted by molar-refractivity contribution is 0.555. The van der Waals surface area contributed by atoms with Crippen molar-refractivity contribution in [2.24, 2.45) is 0 Å². The first-order chi connectivity index (χ1) is 10.6. The van der Waals surface area contributed by atoms with E-state index >= 15 is 0 Å². The Balaban J connectivity index is 2.24. The molecule has 22 heavy (non-hydrogen) atoms. The highest BCUT2D eigenvalue weighted by Gasteiger charge is 2.12. The lowest BCUT2D eigenvalue weighted by atomic mass is 10.2. The molecule has 0 saturated heterocycles. The number of hydrogen-bond acceptors (Lipinski definition) is 4. The molecule has 5 nitrogen and oxygen atoms in total. The number of pyridine rings is 1. The quantitative estimate of drug-likeness (QED) is 0.725. The van der Waals surface area contributed by atoms with Crippen LogP contribution in [0.4, 0.5) is 0 Å².